The molecular weight excluding hydrogens is 390 g/mol. The van der Waals surface area contributed by atoms with Gasteiger partial charge in [-0.1, -0.05) is 64.0 Å². The van der Waals surface area contributed by atoms with Gasteiger partial charge in [0.2, 0.25) is 5.91 Å². The van der Waals surface area contributed by atoms with Crippen molar-refractivity contribution in [3.63, 3.8) is 0 Å². The summed E-state index contributed by atoms with van der Waals surface area (Å²) in [6.07, 6.45) is 1.53. The van der Waals surface area contributed by atoms with Crippen LogP contribution < -0.4 is 5.32 Å². The Morgan fingerprint density at radius 3 is 2.42 bits per heavy atom. The Bertz CT molecular complexity index is 914. The van der Waals surface area contributed by atoms with E-state index < -0.39 is 0 Å². The van der Waals surface area contributed by atoms with E-state index in [1.54, 1.807) is 0 Å². The summed E-state index contributed by atoms with van der Waals surface area (Å²) in [7, 11) is 0. The van der Waals surface area contributed by atoms with E-state index in [1.165, 1.54) is 5.56 Å². The molecule has 3 nitrogen and oxygen atoms in total. The number of carbonyl (C=O) groups is 2. The van der Waals surface area contributed by atoms with Crippen molar-refractivity contribution < 1.29 is 9.59 Å². The van der Waals surface area contributed by atoms with E-state index in [9.17, 15) is 9.59 Å². The fourth-order valence-electron chi connectivity index (χ4n) is 4.06. The standard InChI is InChI=1S/C22H20BrNO2/c1-13-6-8-14(9-7-13)15-10-19-22(20(25)11-15)17(12-21(26)24-19)16-4-2-3-5-18(16)23/h2-9,15,17H,10-12H2,1H3,(H,24,26). The van der Waals surface area contributed by atoms with Crippen molar-refractivity contribution in [1.82, 2.24) is 5.32 Å². The highest BCUT2D eigenvalue weighted by molar-refractivity contribution is 9.10. The van der Waals surface area contributed by atoms with Crippen LogP contribution in [0.2, 0.25) is 0 Å². The lowest BCUT2D eigenvalue weighted by atomic mass is 9.73. The number of Topliss-reactive ketones (excluding diaryl/α,β-unsaturated/α-hetero) is 1. The predicted molar refractivity (Wildman–Crippen MR) is 105 cm³/mol. The van der Waals surface area contributed by atoms with Crippen molar-refractivity contribution in [2.24, 2.45) is 0 Å². The monoisotopic (exact) mass is 409 g/mol. The number of hydrogen-bond donors (Lipinski definition) is 1. The lowest BCUT2D eigenvalue weighted by Crippen LogP contribution is -2.38. The Morgan fingerprint density at radius 1 is 0.962 bits per heavy atom. The fraction of sp³-hybridized carbons (Fsp3) is 0.273. The molecule has 0 fully saturated rings. The maximum absolute atomic E-state index is 13.1. The summed E-state index contributed by atoms with van der Waals surface area (Å²) in [6.45, 7) is 2.06. The van der Waals surface area contributed by atoms with Crippen LogP contribution in [0, 0.1) is 6.92 Å². The zero-order valence-electron chi connectivity index (χ0n) is 14.6. The summed E-state index contributed by atoms with van der Waals surface area (Å²) >= 11 is 3.58. The second kappa shape index (κ2) is 6.84. The fourth-order valence-corrected chi connectivity index (χ4v) is 4.62. The van der Waals surface area contributed by atoms with E-state index >= 15 is 0 Å². The first-order valence-corrected chi connectivity index (χ1v) is 9.69. The average molecular weight is 410 g/mol. The van der Waals surface area contributed by atoms with Gasteiger partial charge in [0.15, 0.2) is 5.78 Å². The summed E-state index contributed by atoms with van der Waals surface area (Å²) in [5, 5.41) is 2.98. The number of amides is 1. The third-order valence-corrected chi connectivity index (χ3v) is 6.09. The zero-order chi connectivity index (χ0) is 18.3. The second-order valence-corrected chi connectivity index (χ2v) is 8.01. The normalized spacial score (nSPS) is 22.8. The minimum absolute atomic E-state index is 0.0122. The van der Waals surface area contributed by atoms with Crippen LogP contribution in [0.25, 0.3) is 0 Å². The Labute approximate surface area is 161 Å². The quantitative estimate of drug-likeness (QED) is 0.776. The maximum Gasteiger partial charge on any atom is 0.225 e. The molecular formula is C22H20BrNO2. The summed E-state index contributed by atoms with van der Waals surface area (Å²) in [5.41, 5.74) is 4.98. The highest BCUT2D eigenvalue weighted by Gasteiger charge is 2.38. The van der Waals surface area contributed by atoms with Crippen LogP contribution >= 0.6 is 15.9 Å². The van der Waals surface area contributed by atoms with Gasteiger partial charge in [0.25, 0.3) is 0 Å². The molecule has 0 spiro atoms. The van der Waals surface area contributed by atoms with Crippen molar-refractivity contribution in [2.45, 2.75) is 38.0 Å². The van der Waals surface area contributed by atoms with Crippen molar-refractivity contribution in [1.29, 1.82) is 0 Å². The van der Waals surface area contributed by atoms with Crippen LogP contribution in [0.4, 0.5) is 0 Å². The van der Waals surface area contributed by atoms with Gasteiger partial charge in [-0.25, -0.2) is 0 Å². The maximum atomic E-state index is 13.1. The van der Waals surface area contributed by atoms with Gasteiger partial charge in [-0.05, 0) is 36.5 Å². The van der Waals surface area contributed by atoms with Gasteiger partial charge in [-0.3, -0.25) is 9.59 Å². The molecule has 1 amide bonds. The Morgan fingerprint density at radius 2 is 1.69 bits per heavy atom. The number of aryl methyl sites for hydroxylation is 1. The molecule has 1 N–H and O–H groups in total. The molecule has 132 valence electrons. The molecule has 1 aliphatic heterocycles. The van der Waals surface area contributed by atoms with Crippen LogP contribution in [0.1, 0.15) is 47.8 Å². The molecule has 0 aromatic heterocycles. The van der Waals surface area contributed by atoms with Gasteiger partial charge >= 0.3 is 0 Å². The van der Waals surface area contributed by atoms with Crippen LogP contribution in [-0.4, -0.2) is 11.7 Å². The topological polar surface area (TPSA) is 46.2 Å². The minimum atomic E-state index is -0.166. The Balaban J connectivity index is 1.73. The van der Waals surface area contributed by atoms with Gasteiger partial charge in [0.1, 0.15) is 0 Å². The molecule has 2 atom stereocenters. The molecule has 1 aliphatic carbocycles. The van der Waals surface area contributed by atoms with E-state index in [-0.39, 0.29) is 23.5 Å². The van der Waals surface area contributed by atoms with Crippen LogP contribution in [0.3, 0.4) is 0 Å². The van der Waals surface area contributed by atoms with Crippen molar-refractivity contribution >= 4 is 27.6 Å². The smallest absolute Gasteiger partial charge is 0.225 e. The molecule has 2 aliphatic rings. The van der Waals surface area contributed by atoms with Crippen molar-refractivity contribution in [3.8, 4) is 0 Å². The van der Waals surface area contributed by atoms with E-state index in [1.807, 2.05) is 24.3 Å². The first-order chi connectivity index (χ1) is 12.5. The van der Waals surface area contributed by atoms with Crippen LogP contribution in [0.5, 0.6) is 0 Å². The summed E-state index contributed by atoms with van der Waals surface area (Å²) in [5.74, 6) is 0.0975. The highest BCUT2D eigenvalue weighted by Crippen LogP contribution is 2.43. The van der Waals surface area contributed by atoms with Crippen molar-refractivity contribution in [2.75, 3.05) is 0 Å². The average Bonchev–Trinajstić information content (AvgIpc) is 2.61. The van der Waals surface area contributed by atoms with Gasteiger partial charge < -0.3 is 5.32 Å². The molecule has 26 heavy (non-hydrogen) atoms. The molecule has 0 saturated heterocycles. The molecule has 4 rings (SSSR count). The van der Waals surface area contributed by atoms with Gasteiger partial charge in [-0.15, -0.1) is 0 Å². The number of nitrogens with one attached hydrogen (secondary N) is 1. The first-order valence-electron chi connectivity index (χ1n) is 8.90. The minimum Gasteiger partial charge on any atom is -0.329 e. The van der Waals surface area contributed by atoms with Crippen LogP contribution in [-0.2, 0) is 9.59 Å². The number of benzene rings is 2. The number of hydrogen-bond acceptors (Lipinski definition) is 2. The number of ketones is 1. The summed E-state index contributed by atoms with van der Waals surface area (Å²) < 4.78 is 0.944. The zero-order valence-corrected chi connectivity index (χ0v) is 16.2. The number of allylic oxidation sites excluding steroid dienone is 2. The van der Waals surface area contributed by atoms with E-state index in [4.69, 9.17) is 0 Å². The number of carbonyl (C=O) groups excluding carboxylic acids is 2. The molecule has 0 radical (unpaired) electrons. The molecule has 1 heterocycles. The summed E-state index contributed by atoms with van der Waals surface area (Å²) in [4.78, 5) is 25.4. The first kappa shape index (κ1) is 17.2. The molecule has 2 unspecified atom stereocenters. The third kappa shape index (κ3) is 3.14. The Hall–Kier alpha value is -2.20. The molecule has 4 heteroatoms. The van der Waals surface area contributed by atoms with Gasteiger partial charge in [0.05, 0.1) is 0 Å². The van der Waals surface area contributed by atoms with E-state index in [0.717, 1.165) is 26.9 Å². The lowest BCUT2D eigenvalue weighted by molar-refractivity contribution is -0.122. The molecule has 0 bridgehead atoms. The number of halogens is 1. The van der Waals surface area contributed by atoms with E-state index in [0.29, 0.717) is 19.3 Å². The molecule has 0 saturated carbocycles. The lowest BCUT2D eigenvalue weighted by Gasteiger charge is -2.34. The van der Waals surface area contributed by atoms with Crippen molar-refractivity contribution in [3.05, 3.63) is 81.0 Å². The van der Waals surface area contributed by atoms with Gasteiger partial charge in [-0.2, -0.15) is 0 Å². The molecule has 2 aromatic carbocycles. The number of rotatable bonds is 2. The van der Waals surface area contributed by atoms with Gasteiger partial charge in [0, 0.05) is 34.5 Å². The largest absolute Gasteiger partial charge is 0.329 e. The highest BCUT2D eigenvalue weighted by atomic mass is 79.9. The molecule has 2 aromatic rings. The predicted octanol–water partition coefficient (Wildman–Crippen LogP) is 4.76. The SMILES string of the molecule is Cc1ccc(C2CC(=O)C3=C(C2)NC(=O)CC3c2ccccc2Br)cc1. The van der Waals surface area contributed by atoms with Crippen LogP contribution in [0.15, 0.2) is 64.3 Å². The second-order valence-electron chi connectivity index (χ2n) is 7.16. The van der Waals surface area contributed by atoms with E-state index in [2.05, 4.69) is 52.4 Å². The summed E-state index contributed by atoms with van der Waals surface area (Å²) in [6, 6.07) is 16.2. The Kier molecular flexibility index (Phi) is 4.53. The third-order valence-electron chi connectivity index (χ3n) is 5.37.